The van der Waals surface area contributed by atoms with E-state index in [4.69, 9.17) is 0 Å². The highest BCUT2D eigenvalue weighted by Crippen LogP contribution is 2.38. The number of rotatable bonds is 3. The van der Waals surface area contributed by atoms with Crippen LogP contribution < -0.4 is 5.32 Å². The Kier molecular flexibility index (Phi) is 4.34. The maximum Gasteiger partial charge on any atom is 0.250 e. The molecule has 1 aromatic heterocycles. The maximum absolute atomic E-state index is 13.6. The zero-order valence-corrected chi connectivity index (χ0v) is 14.8. The van der Waals surface area contributed by atoms with Gasteiger partial charge in [-0.15, -0.1) is 0 Å². The molecule has 2 aliphatic rings. The lowest BCUT2D eigenvalue weighted by Crippen LogP contribution is -2.56. The van der Waals surface area contributed by atoms with Crippen molar-refractivity contribution in [3.63, 3.8) is 0 Å². The lowest BCUT2D eigenvalue weighted by molar-refractivity contribution is -0.143. The molecule has 5 nitrogen and oxygen atoms in total. The van der Waals surface area contributed by atoms with E-state index in [2.05, 4.69) is 46.5 Å². The first kappa shape index (κ1) is 16.3. The summed E-state index contributed by atoms with van der Waals surface area (Å²) in [6.45, 7) is 4.74. The van der Waals surface area contributed by atoms with E-state index in [1.165, 1.54) is 5.56 Å². The second kappa shape index (κ2) is 6.64. The van der Waals surface area contributed by atoms with Gasteiger partial charge in [-0.1, -0.05) is 30.3 Å². The summed E-state index contributed by atoms with van der Waals surface area (Å²) in [4.78, 5) is 15.7. The van der Waals surface area contributed by atoms with Crippen LogP contribution in [0.5, 0.6) is 0 Å². The Labute approximate surface area is 149 Å². The third kappa shape index (κ3) is 2.76. The highest BCUT2D eigenvalue weighted by Gasteiger charge is 2.48. The van der Waals surface area contributed by atoms with E-state index < -0.39 is 5.54 Å². The van der Waals surface area contributed by atoms with Gasteiger partial charge < -0.3 is 10.2 Å². The van der Waals surface area contributed by atoms with E-state index in [9.17, 15) is 4.79 Å². The van der Waals surface area contributed by atoms with Gasteiger partial charge in [-0.2, -0.15) is 5.10 Å². The van der Waals surface area contributed by atoms with Gasteiger partial charge in [0.25, 0.3) is 5.91 Å². The molecule has 132 valence electrons. The highest BCUT2D eigenvalue weighted by atomic mass is 16.2. The quantitative estimate of drug-likeness (QED) is 0.935. The Morgan fingerprint density at radius 2 is 1.96 bits per heavy atom. The van der Waals surface area contributed by atoms with Crippen molar-refractivity contribution in [3.05, 3.63) is 54.4 Å². The maximum atomic E-state index is 13.6. The van der Waals surface area contributed by atoms with Gasteiger partial charge in [0.1, 0.15) is 5.54 Å². The SMILES string of the molecule is CC1C(c2ccccc2)CCN1C(=O)C1(n2cccn2)CCNCC1. The molecule has 1 aromatic carbocycles. The van der Waals surface area contributed by atoms with Gasteiger partial charge in [-0.05, 0) is 50.9 Å². The summed E-state index contributed by atoms with van der Waals surface area (Å²) in [5.74, 6) is 0.658. The number of carbonyl (C=O) groups excluding carboxylic acids is 1. The van der Waals surface area contributed by atoms with E-state index in [0.29, 0.717) is 5.92 Å². The summed E-state index contributed by atoms with van der Waals surface area (Å²) in [7, 11) is 0. The van der Waals surface area contributed by atoms with Crippen LogP contribution in [0.1, 0.15) is 37.7 Å². The number of likely N-dealkylation sites (tertiary alicyclic amines) is 1. The van der Waals surface area contributed by atoms with Gasteiger partial charge in [-0.25, -0.2) is 0 Å². The molecule has 4 rings (SSSR count). The van der Waals surface area contributed by atoms with Crippen molar-refractivity contribution in [2.24, 2.45) is 0 Å². The average Bonchev–Trinajstić information content (AvgIpc) is 3.33. The molecule has 0 spiro atoms. The third-order valence-electron chi connectivity index (χ3n) is 6.02. The summed E-state index contributed by atoms with van der Waals surface area (Å²) in [6.07, 6.45) is 6.35. The lowest BCUT2D eigenvalue weighted by atomic mass is 9.86. The molecular formula is C20H26N4O. The molecule has 2 aliphatic heterocycles. The molecule has 1 N–H and O–H groups in total. The van der Waals surface area contributed by atoms with Crippen molar-refractivity contribution in [2.45, 2.75) is 43.7 Å². The monoisotopic (exact) mass is 338 g/mol. The number of nitrogens with one attached hydrogen (secondary N) is 1. The summed E-state index contributed by atoms with van der Waals surface area (Å²) in [6, 6.07) is 12.7. The number of aromatic nitrogens is 2. The van der Waals surface area contributed by atoms with Crippen molar-refractivity contribution in [1.82, 2.24) is 20.0 Å². The Morgan fingerprint density at radius 3 is 2.64 bits per heavy atom. The van der Waals surface area contributed by atoms with Crippen LogP contribution in [0, 0.1) is 0 Å². The van der Waals surface area contributed by atoms with Crippen molar-refractivity contribution in [2.75, 3.05) is 19.6 Å². The van der Waals surface area contributed by atoms with Crippen LogP contribution in [0.25, 0.3) is 0 Å². The summed E-state index contributed by atoms with van der Waals surface area (Å²) in [5, 5.41) is 7.83. The van der Waals surface area contributed by atoms with Crippen molar-refractivity contribution in [3.8, 4) is 0 Å². The Hall–Kier alpha value is -2.14. The predicted molar refractivity (Wildman–Crippen MR) is 97.3 cm³/mol. The molecule has 2 aromatic rings. The molecule has 1 amide bonds. The topological polar surface area (TPSA) is 50.2 Å². The zero-order chi connectivity index (χ0) is 17.3. The minimum Gasteiger partial charge on any atom is -0.337 e. The van der Waals surface area contributed by atoms with Gasteiger partial charge in [0.05, 0.1) is 0 Å². The number of benzene rings is 1. The Balaban J connectivity index is 1.61. The molecule has 2 saturated heterocycles. The molecule has 25 heavy (non-hydrogen) atoms. The first-order valence-electron chi connectivity index (χ1n) is 9.29. The Morgan fingerprint density at radius 1 is 1.20 bits per heavy atom. The van der Waals surface area contributed by atoms with Crippen LogP contribution in [-0.4, -0.2) is 46.3 Å². The molecule has 5 heteroatoms. The molecule has 0 saturated carbocycles. The molecule has 2 atom stereocenters. The van der Waals surface area contributed by atoms with E-state index in [0.717, 1.165) is 38.9 Å². The standard InChI is InChI=1S/C20H26N4O/c1-16-18(17-6-3-2-4-7-17)8-15-23(16)19(25)20(9-12-21-13-10-20)24-14-5-11-22-24/h2-7,11,14,16,18,21H,8-10,12-13,15H2,1H3. The number of nitrogens with zero attached hydrogens (tertiary/aromatic N) is 3. The minimum atomic E-state index is -0.533. The highest BCUT2D eigenvalue weighted by molar-refractivity contribution is 5.85. The van der Waals surface area contributed by atoms with E-state index in [-0.39, 0.29) is 11.9 Å². The van der Waals surface area contributed by atoms with Gasteiger partial charge >= 0.3 is 0 Å². The lowest BCUT2D eigenvalue weighted by Gasteiger charge is -2.40. The van der Waals surface area contributed by atoms with Gasteiger partial charge in [-0.3, -0.25) is 9.48 Å². The number of carbonyl (C=O) groups is 1. The predicted octanol–water partition coefficient (Wildman–Crippen LogP) is 2.37. The van der Waals surface area contributed by atoms with Gasteiger partial charge in [0.2, 0.25) is 0 Å². The molecule has 2 unspecified atom stereocenters. The number of amides is 1. The zero-order valence-electron chi connectivity index (χ0n) is 14.8. The largest absolute Gasteiger partial charge is 0.337 e. The molecule has 0 aliphatic carbocycles. The van der Waals surface area contributed by atoms with E-state index in [1.807, 2.05) is 23.0 Å². The fourth-order valence-electron chi connectivity index (χ4n) is 4.54. The van der Waals surface area contributed by atoms with Crippen LogP contribution in [0.4, 0.5) is 0 Å². The average molecular weight is 338 g/mol. The fourth-order valence-corrected chi connectivity index (χ4v) is 4.54. The van der Waals surface area contributed by atoms with Crippen molar-refractivity contribution >= 4 is 5.91 Å². The van der Waals surface area contributed by atoms with E-state index in [1.54, 1.807) is 6.20 Å². The molecule has 2 fully saturated rings. The number of hydrogen-bond donors (Lipinski definition) is 1. The van der Waals surface area contributed by atoms with Crippen molar-refractivity contribution in [1.29, 1.82) is 0 Å². The van der Waals surface area contributed by atoms with Crippen LogP contribution in [-0.2, 0) is 10.3 Å². The second-order valence-electron chi connectivity index (χ2n) is 7.28. The molecular weight excluding hydrogens is 312 g/mol. The van der Waals surface area contributed by atoms with Crippen LogP contribution in [0.15, 0.2) is 48.8 Å². The molecule has 3 heterocycles. The third-order valence-corrected chi connectivity index (χ3v) is 6.02. The minimum absolute atomic E-state index is 0.220. The summed E-state index contributed by atoms with van der Waals surface area (Å²) >= 11 is 0. The van der Waals surface area contributed by atoms with Crippen LogP contribution in [0.2, 0.25) is 0 Å². The summed E-state index contributed by atoms with van der Waals surface area (Å²) < 4.78 is 1.90. The van der Waals surface area contributed by atoms with Crippen LogP contribution >= 0.6 is 0 Å². The van der Waals surface area contributed by atoms with Gasteiger partial charge in [0, 0.05) is 30.9 Å². The molecule has 0 radical (unpaired) electrons. The first-order valence-corrected chi connectivity index (χ1v) is 9.29. The molecule has 0 bridgehead atoms. The smallest absolute Gasteiger partial charge is 0.250 e. The number of piperidine rings is 1. The normalized spacial score (nSPS) is 25.9. The second-order valence-corrected chi connectivity index (χ2v) is 7.28. The van der Waals surface area contributed by atoms with Crippen molar-refractivity contribution < 1.29 is 4.79 Å². The van der Waals surface area contributed by atoms with Gasteiger partial charge in [0.15, 0.2) is 0 Å². The first-order chi connectivity index (χ1) is 12.2. The number of hydrogen-bond acceptors (Lipinski definition) is 3. The summed E-state index contributed by atoms with van der Waals surface area (Å²) in [5.41, 5.74) is 0.804. The Bertz CT molecular complexity index is 707. The van der Waals surface area contributed by atoms with E-state index >= 15 is 0 Å². The van der Waals surface area contributed by atoms with Crippen LogP contribution in [0.3, 0.4) is 0 Å². The fraction of sp³-hybridized carbons (Fsp3) is 0.500.